The van der Waals surface area contributed by atoms with Crippen LogP contribution in [0.3, 0.4) is 0 Å². The van der Waals surface area contributed by atoms with Crippen LogP contribution in [0.15, 0.2) is 0 Å². The van der Waals surface area contributed by atoms with Crippen molar-refractivity contribution in [3.05, 3.63) is 0 Å². The van der Waals surface area contributed by atoms with Gasteiger partial charge in [0.2, 0.25) is 0 Å². The standard InChI is InChI=1S/C12H23NO2/c1-4-12(6-5-7-13-9-12)11(14)15-8-10(2)3/h10,13H,4-9H2,1-3H3. The number of piperidine rings is 1. The van der Waals surface area contributed by atoms with Gasteiger partial charge in [0.25, 0.3) is 0 Å². The van der Waals surface area contributed by atoms with Crippen molar-refractivity contribution in [2.75, 3.05) is 19.7 Å². The summed E-state index contributed by atoms with van der Waals surface area (Å²) in [6, 6.07) is 0. The molecule has 15 heavy (non-hydrogen) atoms. The SMILES string of the molecule is CCC1(C(=O)OCC(C)C)CCCNC1. The van der Waals surface area contributed by atoms with E-state index in [0.717, 1.165) is 32.4 Å². The summed E-state index contributed by atoms with van der Waals surface area (Å²) < 4.78 is 5.36. The predicted molar refractivity (Wildman–Crippen MR) is 60.6 cm³/mol. The lowest BCUT2D eigenvalue weighted by atomic mass is 9.78. The van der Waals surface area contributed by atoms with E-state index in [1.807, 2.05) is 0 Å². The van der Waals surface area contributed by atoms with Gasteiger partial charge in [0.05, 0.1) is 12.0 Å². The minimum atomic E-state index is -0.257. The molecule has 1 heterocycles. The molecule has 1 N–H and O–H groups in total. The third kappa shape index (κ3) is 3.20. The molecule has 0 aromatic rings. The van der Waals surface area contributed by atoms with Crippen molar-refractivity contribution in [1.82, 2.24) is 5.32 Å². The highest BCUT2D eigenvalue weighted by molar-refractivity contribution is 5.77. The Balaban J connectivity index is 2.52. The molecule has 0 aliphatic carbocycles. The van der Waals surface area contributed by atoms with Gasteiger partial charge in [0.15, 0.2) is 0 Å². The first kappa shape index (κ1) is 12.5. The predicted octanol–water partition coefficient (Wildman–Crippen LogP) is 1.97. The van der Waals surface area contributed by atoms with E-state index in [1.54, 1.807) is 0 Å². The van der Waals surface area contributed by atoms with Crippen LogP contribution in [0.2, 0.25) is 0 Å². The van der Waals surface area contributed by atoms with Crippen LogP contribution in [0.25, 0.3) is 0 Å². The van der Waals surface area contributed by atoms with Crippen LogP contribution >= 0.6 is 0 Å². The fraction of sp³-hybridized carbons (Fsp3) is 0.917. The van der Waals surface area contributed by atoms with Crippen LogP contribution in [0.5, 0.6) is 0 Å². The van der Waals surface area contributed by atoms with Crippen molar-refractivity contribution in [3.63, 3.8) is 0 Å². The summed E-state index contributed by atoms with van der Waals surface area (Å²) >= 11 is 0. The van der Waals surface area contributed by atoms with Gasteiger partial charge < -0.3 is 10.1 Å². The van der Waals surface area contributed by atoms with Gasteiger partial charge in [-0.1, -0.05) is 20.8 Å². The molecule has 1 fully saturated rings. The third-order valence-corrected chi connectivity index (χ3v) is 3.13. The molecule has 3 nitrogen and oxygen atoms in total. The van der Waals surface area contributed by atoms with Gasteiger partial charge in [-0.25, -0.2) is 0 Å². The summed E-state index contributed by atoms with van der Waals surface area (Å²) in [4.78, 5) is 12.0. The van der Waals surface area contributed by atoms with Crippen LogP contribution in [-0.4, -0.2) is 25.7 Å². The molecule has 0 amide bonds. The zero-order valence-electron chi connectivity index (χ0n) is 10.1. The smallest absolute Gasteiger partial charge is 0.313 e. The summed E-state index contributed by atoms with van der Waals surface area (Å²) in [7, 11) is 0. The maximum Gasteiger partial charge on any atom is 0.313 e. The second-order valence-corrected chi connectivity index (χ2v) is 4.91. The fourth-order valence-corrected chi connectivity index (χ4v) is 1.98. The molecule has 1 saturated heterocycles. The zero-order valence-corrected chi connectivity index (χ0v) is 10.1. The monoisotopic (exact) mass is 213 g/mol. The fourth-order valence-electron chi connectivity index (χ4n) is 1.98. The molecule has 0 bridgehead atoms. The summed E-state index contributed by atoms with van der Waals surface area (Å²) in [5.41, 5.74) is -0.257. The van der Waals surface area contributed by atoms with Gasteiger partial charge in [0.1, 0.15) is 0 Å². The average Bonchev–Trinajstić information content (AvgIpc) is 2.26. The Morgan fingerprint density at radius 2 is 2.27 bits per heavy atom. The summed E-state index contributed by atoms with van der Waals surface area (Å²) in [6.07, 6.45) is 2.91. The minimum absolute atomic E-state index is 0.00843. The lowest BCUT2D eigenvalue weighted by Crippen LogP contribution is -2.46. The van der Waals surface area contributed by atoms with E-state index in [0.29, 0.717) is 12.5 Å². The first-order valence-electron chi connectivity index (χ1n) is 5.98. The van der Waals surface area contributed by atoms with E-state index in [2.05, 4.69) is 26.1 Å². The van der Waals surface area contributed by atoms with Crippen molar-refractivity contribution in [1.29, 1.82) is 0 Å². The molecule has 0 aromatic heterocycles. The Labute approximate surface area is 92.6 Å². The summed E-state index contributed by atoms with van der Waals surface area (Å²) in [5.74, 6) is 0.408. The second-order valence-electron chi connectivity index (χ2n) is 4.91. The minimum Gasteiger partial charge on any atom is -0.465 e. The Kier molecular flexibility index (Phi) is 4.58. The number of nitrogens with one attached hydrogen (secondary N) is 1. The Morgan fingerprint density at radius 1 is 1.53 bits per heavy atom. The van der Waals surface area contributed by atoms with Crippen molar-refractivity contribution in [3.8, 4) is 0 Å². The maximum atomic E-state index is 12.0. The number of rotatable bonds is 4. The van der Waals surface area contributed by atoms with E-state index >= 15 is 0 Å². The largest absolute Gasteiger partial charge is 0.465 e. The molecule has 1 aliphatic heterocycles. The van der Waals surface area contributed by atoms with Crippen molar-refractivity contribution in [2.24, 2.45) is 11.3 Å². The molecule has 88 valence electrons. The van der Waals surface area contributed by atoms with E-state index in [1.165, 1.54) is 0 Å². The van der Waals surface area contributed by atoms with Crippen molar-refractivity contribution < 1.29 is 9.53 Å². The molecule has 3 heteroatoms. The van der Waals surface area contributed by atoms with Crippen LogP contribution in [0.1, 0.15) is 40.0 Å². The maximum absolute atomic E-state index is 12.0. The van der Waals surface area contributed by atoms with Gasteiger partial charge in [-0.05, 0) is 31.7 Å². The second kappa shape index (κ2) is 5.50. The molecular weight excluding hydrogens is 190 g/mol. The molecule has 0 spiro atoms. The normalized spacial score (nSPS) is 26.7. The third-order valence-electron chi connectivity index (χ3n) is 3.13. The van der Waals surface area contributed by atoms with Crippen molar-refractivity contribution >= 4 is 5.97 Å². The van der Waals surface area contributed by atoms with E-state index in [4.69, 9.17) is 4.74 Å². The lowest BCUT2D eigenvalue weighted by molar-refractivity contribution is -0.158. The topological polar surface area (TPSA) is 38.3 Å². The molecule has 0 aromatic carbocycles. The van der Waals surface area contributed by atoms with Gasteiger partial charge >= 0.3 is 5.97 Å². The molecule has 0 saturated carbocycles. The molecular formula is C12H23NO2. The van der Waals surface area contributed by atoms with Gasteiger partial charge in [-0.15, -0.1) is 0 Å². The first-order valence-corrected chi connectivity index (χ1v) is 5.98. The van der Waals surface area contributed by atoms with Crippen molar-refractivity contribution in [2.45, 2.75) is 40.0 Å². The van der Waals surface area contributed by atoms with Crippen LogP contribution in [0.4, 0.5) is 0 Å². The number of esters is 1. The Morgan fingerprint density at radius 3 is 2.73 bits per heavy atom. The molecule has 1 aliphatic rings. The highest BCUT2D eigenvalue weighted by Crippen LogP contribution is 2.31. The average molecular weight is 213 g/mol. The lowest BCUT2D eigenvalue weighted by Gasteiger charge is -2.34. The number of carbonyl (C=O) groups excluding carboxylic acids is 1. The molecule has 1 unspecified atom stereocenters. The van der Waals surface area contributed by atoms with E-state index in [9.17, 15) is 4.79 Å². The first-order chi connectivity index (χ1) is 7.10. The number of carbonyl (C=O) groups is 1. The quantitative estimate of drug-likeness (QED) is 0.726. The van der Waals surface area contributed by atoms with E-state index in [-0.39, 0.29) is 11.4 Å². The highest BCUT2D eigenvalue weighted by atomic mass is 16.5. The number of ether oxygens (including phenoxy) is 1. The van der Waals surface area contributed by atoms with Gasteiger partial charge in [0, 0.05) is 6.54 Å². The van der Waals surface area contributed by atoms with Crippen LogP contribution in [0, 0.1) is 11.3 Å². The molecule has 1 atom stereocenters. The highest BCUT2D eigenvalue weighted by Gasteiger charge is 2.39. The number of hydrogen-bond acceptors (Lipinski definition) is 3. The summed E-state index contributed by atoms with van der Waals surface area (Å²) in [6.45, 7) is 8.54. The zero-order chi connectivity index (χ0) is 11.3. The number of hydrogen-bond donors (Lipinski definition) is 1. The molecule has 1 rings (SSSR count). The Hall–Kier alpha value is -0.570. The van der Waals surface area contributed by atoms with Gasteiger partial charge in [-0.3, -0.25) is 4.79 Å². The van der Waals surface area contributed by atoms with Crippen LogP contribution < -0.4 is 5.32 Å². The Bertz CT molecular complexity index is 208. The van der Waals surface area contributed by atoms with Crippen LogP contribution in [-0.2, 0) is 9.53 Å². The van der Waals surface area contributed by atoms with Gasteiger partial charge in [-0.2, -0.15) is 0 Å². The summed E-state index contributed by atoms with van der Waals surface area (Å²) in [5, 5.41) is 3.29. The van der Waals surface area contributed by atoms with E-state index < -0.39 is 0 Å². The molecule has 0 radical (unpaired) electrons.